The van der Waals surface area contributed by atoms with Gasteiger partial charge in [0.25, 0.3) is 0 Å². The van der Waals surface area contributed by atoms with E-state index in [0.717, 1.165) is 5.57 Å². The fourth-order valence-electron chi connectivity index (χ4n) is 0.0931. The third kappa shape index (κ3) is 2.15. The maximum atomic E-state index is 11.4. The molecule has 0 aliphatic carbocycles. The fourth-order valence-corrected chi connectivity index (χ4v) is 0.0931. The van der Waals surface area contributed by atoms with Gasteiger partial charge in [-0.15, -0.1) is 0 Å². The average molecular weight is 100 g/mol. The Labute approximate surface area is 43.4 Å². The van der Waals surface area contributed by atoms with Crippen LogP contribution < -0.4 is 0 Å². The summed E-state index contributed by atoms with van der Waals surface area (Å²) < 4.78 is 11.4. The van der Waals surface area contributed by atoms with Gasteiger partial charge in [0.2, 0.25) is 0 Å². The molecule has 0 aliphatic heterocycles. The highest BCUT2D eigenvalue weighted by atomic mass is 19.1. The van der Waals surface area contributed by atoms with Gasteiger partial charge in [-0.05, 0) is 19.4 Å². The molecule has 1 heteroatoms. The lowest BCUT2D eigenvalue weighted by atomic mass is 10.2. The Kier molecular flexibility index (Phi) is 2.34. The minimum atomic E-state index is 0.558. The van der Waals surface area contributed by atoms with E-state index in [2.05, 4.69) is 6.58 Å². The fraction of sp³-hybridized carbons (Fsp3) is 0.333. The number of rotatable bonds is 1. The van der Waals surface area contributed by atoms with Crippen LogP contribution in [0.1, 0.15) is 13.8 Å². The van der Waals surface area contributed by atoms with E-state index in [0.29, 0.717) is 11.9 Å². The molecule has 0 atom stereocenters. The van der Waals surface area contributed by atoms with Gasteiger partial charge in [-0.3, -0.25) is 0 Å². The molecule has 0 fully saturated rings. The SMILES string of the molecule is C=C(C)C(C)=CF. The summed E-state index contributed by atoms with van der Waals surface area (Å²) in [6, 6.07) is 0. The first-order valence-electron chi connectivity index (χ1n) is 2.11. The molecule has 0 unspecified atom stereocenters. The molecule has 0 amide bonds. The highest BCUT2D eigenvalue weighted by Gasteiger charge is 1.83. The van der Waals surface area contributed by atoms with E-state index < -0.39 is 0 Å². The molecule has 0 aliphatic rings. The van der Waals surface area contributed by atoms with Crippen molar-refractivity contribution in [1.29, 1.82) is 0 Å². The zero-order valence-electron chi connectivity index (χ0n) is 4.66. The van der Waals surface area contributed by atoms with E-state index in [4.69, 9.17) is 0 Å². The molecule has 0 saturated carbocycles. The molecule has 0 aromatic rings. The van der Waals surface area contributed by atoms with E-state index in [9.17, 15) is 4.39 Å². The minimum absolute atomic E-state index is 0.558. The second-order valence-corrected chi connectivity index (χ2v) is 1.57. The molecular formula is C6H9F. The Morgan fingerprint density at radius 3 is 2.00 bits per heavy atom. The Balaban J connectivity index is 3.82. The van der Waals surface area contributed by atoms with Crippen LogP contribution >= 0.6 is 0 Å². The molecule has 0 rings (SSSR count). The van der Waals surface area contributed by atoms with Crippen molar-refractivity contribution >= 4 is 0 Å². The van der Waals surface area contributed by atoms with Crippen LogP contribution in [-0.4, -0.2) is 0 Å². The Morgan fingerprint density at radius 1 is 1.57 bits per heavy atom. The standard InChI is InChI=1S/C6H9F/c1-5(2)6(3)4-7/h4H,1H2,2-3H3. The van der Waals surface area contributed by atoms with Gasteiger partial charge >= 0.3 is 0 Å². The maximum absolute atomic E-state index is 11.4. The van der Waals surface area contributed by atoms with Crippen LogP contribution in [0.2, 0.25) is 0 Å². The summed E-state index contributed by atoms with van der Waals surface area (Å²) in [4.78, 5) is 0. The molecule has 0 N–H and O–H groups in total. The number of hydrogen-bond donors (Lipinski definition) is 0. The van der Waals surface area contributed by atoms with Gasteiger partial charge in [0.1, 0.15) is 0 Å². The number of allylic oxidation sites excluding steroid dienone is 2. The Bertz CT molecular complexity index is 101. The lowest BCUT2D eigenvalue weighted by molar-refractivity contribution is 0.711. The molecule has 0 bridgehead atoms. The Morgan fingerprint density at radius 2 is 2.00 bits per heavy atom. The molecule has 0 nitrogen and oxygen atoms in total. The molecule has 0 aromatic heterocycles. The molecule has 0 aromatic carbocycles. The van der Waals surface area contributed by atoms with Gasteiger partial charge in [-0.25, -0.2) is 4.39 Å². The zero-order chi connectivity index (χ0) is 5.86. The highest BCUT2D eigenvalue weighted by molar-refractivity contribution is 5.21. The maximum Gasteiger partial charge on any atom is 0.0898 e. The minimum Gasteiger partial charge on any atom is -0.215 e. The van der Waals surface area contributed by atoms with Crippen LogP contribution in [-0.2, 0) is 0 Å². The van der Waals surface area contributed by atoms with Gasteiger partial charge in [-0.1, -0.05) is 12.2 Å². The lowest BCUT2D eigenvalue weighted by Crippen LogP contribution is -1.70. The van der Waals surface area contributed by atoms with Crippen molar-refractivity contribution in [3.05, 3.63) is 24.1 Å². The topological polar surface area (TPSA) is 0 Å². The van der Waals surface area contributed by atoms with Crippen LogP contribution in [0.3, 0.4) is 0 Å². The molecular weight excluding hydrogens is 91.1 g/mol. The molecule has 0 radical (unpaired) electrons. The van der Waals surface area contributed by atoms with Crippen molar-refractivity contribution in [2.24, 2.45) is 0 Å². The summed E-state index contributed by atoms with van der Waals surface area (Å²) in [6.45, 7) is 6.97. The average Bonchev–Trinajstić information content (AvgIpc) is 1.65. The van der Waals surface area contributed by atoms with Gasteiger partial charge in [0.15, 0.2) is 0 Å². The predicted octanol–water partition coefficient (Wildman–Crippen LogP) is 2.44. The molecule has 0 saturated heterocycles. The quantitative estimate of drug-likeness (QED) is 0.444. The van der Waals surface area contributed by atoms with Gasteiger partial charge in [0.05, 0.1) is 6.33 Å². The van der Waals surface area contributed by atoms with E-state index >= 15 is 0 Å². The smallest absolute Gasteiger partial charge is 0.0898 e. The van der Waals surface area contributed by atoms with Crippen LogP contribution in [0.15, 0.2) is 24.1 Å². The molecule has 0 heterocycles. The number of halogens is 1. The zero-order valence-corrected chi connectivity index (χ0v) is 4.66. The highest BCUT2D eigenvalue weighted by Crippen LogP contribution is 2.03. The van der Waals surface area contributed by atoms with E-state index in [1.54, 1.807) is 13.8 Å². The van der Waals surface area contributed by atoms with Crippen molar-refractivity contribution in [3.63, 3.8) is 0 Å². The van der Waals surface area contributed by atoms with Crippen molar-refractivity contribution in [2.75, 3.05) is 0 Å². The largest absolute Gasteiger partial charge is 0.215 e. The first kappa shape index (κ1) is 6.41. The second kappa shape index (κ2) is 2.56. The van der Waals surface area contributed by atoms with E-state index in [-0.39, 0.29) is 0 Å². The lowest BCUT2D eigenvalue weighted by Gasteiger charge is -1.89. The molecule has 7 heavy (non-hydrogen) atoms. The first-order chi connectivity index (χ1) is 3.18. The van der Waals surface area contributed by atoms with Crippen molar-refractivity contribution < 1.29 is 4.39 Å². The van der Waals surface area contributed by atoms with Gasteiger partial charge in [0, 0.05) is 0 Å². The summed E-state index contributed by atoms with van der Waals surface area (Å²) >= 11 is 0. The molecule has 0 spiro atoms. The number of hydrogen-bond acceptors (Lipinski definition) is 0. The van der Waals surface area contributed by atoms with Crippen LogP contribution in [0, 0.1) is 0 Å². The summed E-state index contributed by atoms with van der Waals surface area (Å²) in [6.07, 6.45) is 0.558. The van der Waals surface area contributed by atoms with Crippen LogP contribution in [0.5, 0.6) is 0 Å². The van der Waals surface area contributed by atoms with E-state index in [1.807, 2.05) is 0 Å². The summed E-state index contributed by atoms with van der Waals surface area (Å²) in [5, 5.41) is 0. The summed E-state index contributed by atoms with van der Waals surface area (Å²) in [5.74, 6) is 0. The third-order valence-corrected chi connectivity index (χ3v) is 0.837. The molecule has 40 valence electrons. The summed E-state index contributed by atoms with van der Waals surface area (Å²) in [5.41, 5.74) is 1.39. The monoisotopic (exact) mass is 100 g/mol. The van der Waals surface area contributed by atoms with Crippen molar-refractivity contribution in [1.82, 2.24) is 0 Å². The van der Waals surface area contributed by atoms with Crippen molar-refractivity contribution in [3.8, 4) is 0 Å². The van der Waals surface area contributed by atoms with Crippen molar-refractivity contribution in [2.45, 2.75) is 13.8 Å². The normalized spacial score (nSPS) is 11.6. The van der Waals surface area contributed by atoms with E-state index in [1.165, 1.54) is 0 Å². The second-order valence-electron chi connectivity index (χ2n) is 1.57. The van der Waals surface area contributed by atoms with Crippen LogP contribution in [0.25, 0.3) is 0 Å². The Hall–Kier alpha value is -0.590. The van der Waals surface area contributed by atoms with Gasteiger partial charge in [-0.2, -0.15) is 0 Å². The third-order valence-electron chi connectivity index (χ3n) is 0.837. The first-order valence-corrected chi connectivity index (χ1v) is 2.11. The van der Waals surface area contributed by atoms with Crippen LogP contribution in [0.4, 0.5) is 4.39 Å². The predicted molar refractivity (Wildman–Crippen MR) is 29.7 cm³/mol. The summed E-state index contributed by atoms with van der Waals surface area (Å²) in [7, 11) is 0. The van der Waals surface area contributed by atoms with Gasteiger partial charge < -0.3 is 0 Å².